The molecule has 2 aromatic carbocycles. The minimum absolute atomic E-state index is 0.208. The molecule has 0 aliphatic heterocycles. The van der Waals surface area contributed by atoms with Crippen molar-refractivity contribution in [3.05, 3.63) is 66.5 Å². The van der Waals surface area contributed by atoms with Gasteiger partial charge < -0.3 is 10.1 Å². The number of aromatic amines is 1. The van der Waals surface area contributed by atoms with Crippen LogP contribution in [0.2, 0.25) is 0 Å². The minimum Gasteiger partial charge on any atom is -0.507 e. The number of benzene rings is 2. The third-order valence-corrected chi connectivity index (χ3v) is 3.98. The van der Waals surface area contributed by atoms with Gasteiger partial charge in [-0.25, -0.2) is 4.98 Å². The maximum absolute atomic E-state index is 10.3. The van der Waals surface area contributed by atoms with Crippen LogP contribution in [0, 0.1) is 6.92 Å². The molecule has 4 rings (SSSR count). The van der Waals surface area contributed by atoms with E-state index >= 15 is 0 Å². The average molecular weight is 301 g/mol. The molecule has 2 aromatic heterocycles. The highest BCUT2D eigenvalue weighted by Crippen LogP contribution is 2.33. The van der Waals surface area contributed by atoms with Crippen LogP contribution in [0.15, 0.2) is 60.9 Å². The third-order valence-electron chi connectivity index (χ3n) is 3.98. The third kappa shape index (κ3) is 2.34. The second kappa shape index (κ2) is 5.25. The quantitative estimate of drug-likeness (QED) is 0.580. The van der Waals surface area contributed by atoms with Crippen LogP contribution in [0.1, 0.15) is 5.56 Å². The van der Waals surface area contributed by atoms with Crippen molar-refractivity contribution in [2.75, 3.05) is 0 Å². The fourth-order valence-corrected chi connectivity index (χ4v) is 2.75. The lowest BCUT2D eigenvalue weighted by Crippen LogP contribution is -1.85. The Bertz CT molecular complexity index is 990. The Hall–Kier alpha value is -3.14. The molecule has 0 spiro atoms. The molecular formula is C19H15N3O. The smallest absolute Gasteiger partial charge is 0.142 e. The second-order valence-corrected chi connectivity index (χ2v) is 5.52. The molecular weight excluding hydrogens is 286 g/mol. The van der Waals surface area contributed by atoms with Crippen molar-refractivity contribution in [3.8, 4) is 28.3 Å². The standard InChI is InChI=1S/C19H15N3O/c1-12-3-2-4-16-18(12)22-19(21-16)15-11-14(5-6-17(15)23)13-7-9-20-10-8-13/h2-11,23H,1H3,(H,21,22). The molecule has 0 unspecified atom stereocenters. The number of aromatic nitrogens is 3. The van der Waals surface area contributed by atoms with Crippen LogP contribution < -0.4 is 0 Å². The number of phenolic OH excluding ortho intramolecular Hbond substituents is 1. The first-order chi connectivity index (χ1) is 11.2. The summed E-state index contributed by atoms with van der Waals surface area (Å²) in [5.74, 6) is 0.877. The first kappa shape index (κ1) is 13.5. The molecule has 0 saturated heterocycles. The van der Waals surface area contributed by atoms with E-state index in [4.69, 9.17) is 0 Å². The van der Waals surface area contributed by atoms with Crippen molar-refractivity contribution in [1.29, 1.82) is 0 Å². The summed E-state index contributed by atoms with van der Waals surface area (Å²) in [6.45, 7) is 2.03. The van der Waals surface area contributed by atoms with Crippen LogP contribution in [0.4, 0.5) is 0 Å². The number of rotatable bonds is 2. The second-order valence-electron chi connectivity index (χ2n) is 5.52. The Balaban J connectivity index is 1.88. The molecule has 0 bridgehead atoms. The fourth-order valence-electron chi connectivity index (χ4n) is 2.75. The Morgan fingerprint density at radius 1 is 0.957 bits per heavy atom. The molecule has 0 fully saturated rings. The summed E-state index contributed by atoms with van der Waals surface area (Å²) in [6, 6.07) is 15.4. The Labute approximate surface area is 133 Å². The van der Waals surface area contributed by atoms with Crippen molar-refractivity contribution in [2.24, 2.45) is 0 Å². The summed E-state index contributed by atoms with van der Waals surface area (Å²) in [7, 11) is 0. The highest BCUT2D eigenvalue weighted by atomic mass is 16.3. The molecule has 2 heterocycles. The zero-order chi connectivity index (χ0) is 15.8. The van der Waals surface area contributed by atoms with Gasteiger partial charge >= 0.3 is 0 Å². The lowest BCUT2D eigenvalue weighted by molar-refractivity contribution is 0.477. The lowest BCUT2D eigenvalue weighted by Gasteiger charge is -2.06. The van der Waals surface area contributed by atoms with Gasteiger partial charge in [-0.2, -0.15) is 0 Å². The summed E-state index contributed by atoms with van der Waals surface area (Å²) in [5.41, 5.74) is 5.75. The first-order valence-electron chi connectivity index (χ1n) is 7.41. The minimum atomic E-state index is 0.208. The van der Waals surface area contributed by atoms with Crippen LogP contribution in [0.5, 0.6) is 5.75 Å². The summed E-state index contributed by atoms with van der Waals surface area (Å²) < 4.78 is 0. The lowest BCUT2D eigenvalue weighted by atomic mass is 10.0. The number of H-pyrrole nitrogens is 1. The van der Waals surface area contributed by atoms with Gasteiger partial charge in [-0.05, 0) is 53.9 Å². The molecule has 0 radical (unpaired) electrons. The van der Waals surface area contributed by atoms with Crippen molar-refractivity contribution in [3.63, 3.8) is 0 Å². The predicted molar refractivity (Wildman–Crippen MR) is 91.2 cm³/mol. The number of nitrogens with one attached hydrogen (secondary N) is 1. The Morgan fingerprint density at radius 2 is 1.78 bits per heavy atom. The van der Waals surface area contributed by atoms with E-state index in [0.29, 0.717) is 11.4 Å². The number of para-hydroxylation sites is 1. The number of aryl methyl sites for hydroxylation is 1. The zero-order valence-electron chi connectivity index (χ0n) is 12.6. The van der Waals surface area contributed by atoms with E-state index in [9.17, 15) is 5.11 Å². The molecule has 23 heavy (non-hydrogen) atoms. The first-order valence-corrected chi connectivity index (χ1v) is 7.41. The van der Waals surface area contributed by atoms with Gasteiger partial charge in [0, 0.05) is 12.4 Å². The van der Waals surface area contributed by atoms with Gasteiger partial charge in [-0.3, -0.25) is 4.98 Å². The van der Waals surface area contributed by atoms with Gasteiger partial charge in [-0.1, -0.05) is 18.2 Å². The molecule has 4 heteroatoms. The Kier molecular flexibility index (Phi) is 3.08. The van der Waals surface area contributed by atoms with E-state index in [1.54, 1.807) is 18.5 Å². The molecule has 0 saturated carbocycles. The predicted octanol–water partition coefficient (Wildman–Crippen LogP) is 4.31. The van der Waals surface area contributed by atoms with Crippen LogP contribution in [0.25, 0.3) is 33.5 Å². The molecule has 112 valence electrons. The van der Waals surface area contributed by atoms with Crippen molar-refractivity contribution < 1.29 is 5.11 Å². The number of fused-ring (bicyclic) bond motifs is 1. The number of pyridine rings is 1. The molecule has 2 N–H and O–H groups in total. The molecule has 4 aromatic rings. The highest BCUT2D eigenvalue weighted by Gasteiger charge is 2.12. The zero-order valence-corrected chi connectivity index (χ0v) is 12.6. The van der Waals surface area contributed by atoms with Crippen LogP contribution in [-0.4, -0.2) is 20.1 Å². The molecule has 0 atom stereocenters. The van der Waals surface area contributed by atoms with E-state index in [-0.39, 0.29) is 5.75 Å². The van der Waals surface area contributed by atoms with Gasteiger partial charge in [-0.15, -0.1) is 0 Å². The van der Waals surface area contributed by atoms with Crippen LogP contribution in [0.3, 0.4) is 0 Å². The van der Waals surface area contributed by atoms with Crippen molar-refractivity contribution in [2.45, 2.75) is 6.92 Å². The highest BCUT2D eigenvalue weighted by molar-refractivity contribution is 5.84. The molecule has 4 nitrogen and oxygen atoms in total. The molecule has 0 aliphatic carbocycles. The summed E-state index contributed by atoms with van der Waals surface area (Å²) in [4.78, 5) is 12.0. The summed E-state index contributed by atoms with van der Waals surface area (Å²) >= 11 is 0. The number of aromatic hydroxyl groups is 1. The van der Waals surface area contributed by atoms with Crippen LogP contribution in [-0.2, 0) is 0 Å². The van der Waals surface area contributed by atoms with E-state index in [1.165, 1.54) is 0 Å². The van der Waals surface area contributed by atoms with E-state index in [0.717, 1.165) is 27.7 Å². The fraction of sp³-hybridized carbons (Fsp3) is 0.0526. The SMILES string of the molecule is Cc1cccc2[nH]c(-c3cc(-c4ccncc4)ccc3O)nc12. The number of nitrogens with zero attached hydrogens (tertiary/aromatic N) is 2. The maximum atomic E-state index is 10.3. The summed E-state index contributed by atoms with van der Waals surface area (Å²) in [6.07, 6.45) is 3.51. The van der Waals surface area contributed by atoms with Crippen molar-refractivity contribution in [1.82, 2.24) is 15.0 Å². The number of imidazole rings is 1. The van der Waals surface area contributed by atoms with E-state index in [2.05, 4.69) is 15.0 Å². The van der Waals surface area contributed by atoms with Gasteiger partial charge in [0.1, 0.15) is 11.6 Å². The van der Waals surface area contributed by atoms with Gasteiger partial charge in [0.15, 0.2) is 0 Å². The average Bonchev–Trinajstić information content (AvgIpc) is 3.01. The number of hydrogen-bond acceptors (Lipinski definition) is 3. The number of phenols is 1. The monoisotopic (exact) mass is 301 g/mol. The van der Waals surface area contributed by atoms with Gasteiger partial charge in [0.25, 0.3) is 0 Å². The van der Waals surface area contributed by atoms with E-state index in [1.807, 2.05) is 49.4 Å². The van der Waals surface area contributed by atoms with E-state index < -0.39 is 0 Å². The van der Waals surface area contributed by atoms with Gasteiger partial charge in [0.05, 0.1) is 16.6 Å². The van der Waals surface area contributed by atoms with Crippen molar-refractivity contribution >= 4 is 11.0 Å². The van der Waals surface area contributed by atoms with Crippen LogP contribution >= 0.6 is 0 Å². The summed E-state index contributed by atoms with van der Waals surface area (Å²) in [5, 5.41) is 10.3. The normalized spacial score (nSPS) is 11.0. The van der Waals surface area contributed by atoms with Gasteiger partial charge in [0.2, 0.25) is 0 Å². The molecule has 0 amide bonds. The topological polar surface area (TPSA) is 61.8 Å². The molecule has 0 aliphatic rings. The Morgan fingerprint density at radius 3 is 2.57 bits per heavy atom. The maximum Gasteiger partial charge on any atom is 0.142 e. The number of hydrogen-bond donors (Lipinski definition) is 2. The largest absolute Gasteiger partial charge is 0.507 e.